The number of rotatable bonds is 7. The number of methoxy groups -OCH3 is 1. The molecule has 0 radical (unpaired) electrons. The number of carbonyl (C=O) groups is 2. The Morgan fingerprint density at radius 1 is 1.16 bits per heavy atom. The number of aromatic nitrogens is 2. The smallest absolute Gasteiger partial charge is 0.307 e. The third-order valence-corrected chi connectivity index (χ3v) is 4.28. The SMILES string of the molecule is COC(=O)CC(NC(=O)CSc1nc(C)cc(C)n1)c1ccccc1. The molecule has 1 unspecified atom stereocenters. The summed E-state index contributed by atoms with van der Waals surface area (Å²) in [6.45, 7) is 3.78. The van der Waals surface area contributed by atoms with Gasteiger partial charge < -0.3 is 10.1 Å². The van der Waals surface area contributed by atoms with Crippen molar-refractivity contribution >= 4 is 23.6 Å². The largest absolute Gasteiger partial charge is 0.469 e. The van der Waals surface area contributed by atoms with Crippen LogP contribution in [-0.2, 0) is 14.3 Å². The summed E-state index contributed by atoms with van der Waals surface area (Å²) < 4.78 is 4.72. The van der Waals surface area contributed by atoms with Gasteiger partial charge in [-0.2, -0.15) is 0 Å². The van der Waals surface area contributed by atoms with Crippen LogP contribution in [0.25, 0.3) is 0 Å². The van der Waals surface area contributed by atoms with Crippen molar-refractivity contribution in [1.29, 1.82) is 0 Å². The molecule has 2 aromatic rings. The fourth-order valence-corrected chi connectivity index (χ4v) is 3.07. The molecular formula is C18H21N3O3S. The van der Waals surface area contributed by atoms with E-state index >= 15 is 0 Å². The number of nitrogens with zero attached hydrogens (tertiary/aromatic N) is 2. The Kier molecular flexibility index (Phi) is 6.94. The van der Waals surface area contributed by atoms with Gasteiger partial charge in [-0.05, 0) is 25.5 Å². The number of ether oxygens (including phenoxy) is 1. The fraction of sp³-hybridized carbons (Fsp3) is 0.333. The van der Waals surface area contributed by atoms with Gasteiger partial charge in [-0.15, -0.1) is 0 Å². The molecule has 1 N–H and O–H groups in total. The lowest BCUT2D eigenvalue weighted by molar-refractivity contribution is -0.141. The Balaban J connectivity index is 2.00. The Morgan fingerprint density at radius 3 is 2.40 bits per heavy atom. The highest BCUT2D eigenvalue weighted by Gasteiger charge is 2.19. The predicted molar refractivity (Wildman–Crippen MR) is 96.2 cm³/mol. The summed E-state index contributed by atoms with van der Waals surface area (Å²) in [6, 6.07) is 10.8. The summed E-state index contributed by atoms with van der Waals surface area (Å²) in [6.07, 6.45) is 0.0803. The molecule has 2 rings (SSSR count). The van der Waals surface area contributed by atoms with Crippen LogP contribution in [0.5, 0.6) is 0 Å². The molecule has 0 saturated carbocycles. The average Bonchev–Trinajstić information content (AvgIpc) is 2.59. The highest BCUT2D eigenvalue weighted by Crippen LogP contribution is 2.19. The zero-order valence-electron chi connectivity index (χ0n) is 14.5. The van der Waals surface area contributed by atoms with E-state index in [1.54, 1.807) is 0 Å². The van der Waals surface area contributed by atoms with Crippen LogP contribution >= 0.6 is 11.8 Å². The summed E-state index contributed by atoms with van der Waals surface area (Å²) in [4.78, 5) is 32.5. The van der Waals surface area contributed by atoms with Gasteiger partial charge >= 0.3 is 5.97 Å². The van der Waals surface area contributed by atoms with Crippen LogP contribution in [0, 0.1) is 13.8 Å². The molecule has 0 aliphatic heterocycles. The first-order valence-electron chi connectivity index (χ1n) is 7.84. The average molecular weight is 359 g/mol. The van der Waals surface area contributed by atoms with Gasteiger partial charge in [0.2, 0.25) is 5.91 Å². The summed E-state index contributed by atoms with van der Waals surface area (Å²) in [5, 5.41) is 3.45. The molecule has 1 heterocycles. The highest BCUT2D eigenvalue weighted by molar-refractivity contribution is 7.99. The third-order valence-electron chi connectivity index (χ3n) is 3.43. The zero-order chi connectivity index (χ0) is 18.2. The third kappa shape index (κ3) is 6.19. The lowest BCUT2D eigenvalue weighted by Crippen LogP contribution is -2.31. The summed E-state index contributed by atoms with van der Waals surface area (Å²) in [7, 11) is 1.33. The number of hydrogen-bond acceptors (Lipinski definition) is 6. The van der Waals surface area contributed by atoms with Crippen LogP contribution in [0.15, 0.2) is 41.6 Å². The normalized spacial score (nSPS) is 11.6. The number of amides is 1. The number of nitrogens with one attached hydrogen (secondary N) is 1. The minimum absolute atomic E-state index is 0.0803. The van der Waals surface area contributed by atoms with Crippen LogP contribution < -0.4 is 5.32 Å². The monoisotopic (exact) mass is 359 g/mol. The predicted octanol–water partition coefficient (Wildman–Crippen LogP) is 2.61. The second-order valence-corrected chi connectivity index (χ2v) is 6.48. The van der Waals surface area contributed by atoms with Crippen molar-refractivity contribution in [3.63, 3.8) is 0 Å². The molecule has 1 aromatic heterocycles. The maximum Gasteiger partial charge on any atom is 0.307 e. The molecule has 0 fully saturated rings. The quantitative estimate of drug-likeness (QED) is 0.465. The molecular weight excluding hydrogens is 338 g/mol. The Bertz CT molecular complexity index is 717. The number of benzene rings is 1. The molecule has 25 heavy (non-hydrogen) atoms. The lowest BCUT2D eigenvalue weighted by Gasteiger charge is -2.18. The Labute approximate surface area is 151 Å². The van der Waals surface area contributed by atoms with Crippen molar-refractivity contribution in [2.24, 2.45) is 0 Å². The first kappa shape index (κ1) is 18.9. The maximum absolute atomic E-state index is 12.3. The van der Waals surface area contributed by atoms with E-state index in [2.05, 4.69) is 15.3 Å². The molecule has 0 aliphatic rings. The van der Waals surface area contributed by atoms with E-state index in [9.17, 15) is 9.59 Å². The number of esters is 1. The molecule has 0 saturated heterocycles. The van der Waals surface area contributed by atoms with Gasteiger partial charge in [0.05, 0.1) is 25.3 Å². The van der Waals surface area contributed by atoms with Crippen molar-refractivity contribution in [1.82, 2.24) is 15.3 Å². The van der Waals surface area contributed by atoms with Gasteiger partial charge in [-0.1, -0.05) is 42.1 Å². The first-order chi connectivity index (χ1) is 12.0. The maximum atomic E-state index is 12.3. The first-order valence-corrected chi connectivity index (χ1v) is 8.82. The standard InChI is InChI=1S/C18H21N3O3S/c1-12-9-13(2)20-18(19-12)25-11-16(22)21-15(10-17(23)24-3)14-7-5-4-6-8-14/h4-9,15H,10-11H2,1-3H3,(H,21,22). The van der Waals surface area contributed by atoms with Crippen molar-refractivity contribution in [2.45, 2.75) is 31.5 Å². The van der Waals surface area contributed by atoms with Gasteiger partial charge in [0.1, 0.15) is 0 Å². The molecule has 0 spiro atoms. The van der Waals surface area contributed by atoms with Crippen molar-refractivity contribution < 1.29 is 14.3 Å². The number of hydrogen-bond donors (Lipinski definition) is 1. The molecule has 0 bridgehead atoms. The fourth-order valence-electron chi connectivity index (χ4n) is 2.31. The van der Waals surface area contributed by atoms with E-state index in [0.29, 0.717) is 5.16 Å². The van der Waals surface area contributed by atoms with E-state index in [1.807, 2.05) is 50.2 Å². The van der Waals surface area contributed by atoms with E-state index in [0.717, 1.165) is 17.0 Å². The van der Waals surface area contributed by atoms with Gasteiger partial charge in [0, 0.05) is 11.4 Å². The number of aryl methyl sites for hydroxylation is 2. The summed E-state index contributed by atoms with van der Waals surface area (Å²) in [5.41, 5.74) is 2.58. The van der Waals surface area contributed by atoms with E-state index < -0.39 is 6.04 Å². The molecule has 0 aliphatic carbocycles. The zero-order valence-corrected chi connectivity index (χ0v) is 15.3. The second kappa shape index (κ2) is 9.17. The lowest BCUT2D eigenvalue weighted by atomic mass is 10.0. The minimum Gasteiger partial charge on any atom is -0.469 e. The van der Waals surface area contributed by atoms with Crippen LogP contribution in [0.2, 0.25) is 0 Å². The molecule has 1 atom stereocenters. The van der Waals surface area contributed by atoms with Crippen LogP contribution in [0.3, 0.4) is 0 Å². The van der Waals surface area contributed by atoms with E-state index in [1.165, 1.54) is 18.9 Å². The number of thioether (sulfide) groups is 1. The molecule has 7 heteroatoms. The number of carbonyl (C=O) groups excluding carboxylic acids is 2. The van der Waals surface area contributed by atoms with Crippen molar-refractivity contribution in [2.75, 3.05) is 12.9 Å². The Morgan fingerprint density at radius 2 is 1.80 bits per heavy atom. The molecule has 6 nitrogen and oxygen atoms in total. The second-order valence-electron chi connectivity index (χ2n) is 5.53. The Hall–Kier alpha value is -2.41. The van der Waals surface area contributed by atoms with Crippen LogP contribution in [0.4, 0.5) is 0 Å². The van der Waals surface area contributed by atoms with Gasteiger partial charge in [0.25, 0.3) is 0 Å². The molecule has 132 valence electrons. The van der Waals surface area contributed by atoms with Crippen molar-refractivity contribution in [3.8, 4) is 0 Å². The minimum atomic E-state index is -0.429. The van der Waals surface area contributed by atoms with Gasteiger partial charge in [0.15, 0.2) is 5.16 Å². The van der Waals surface area contributed by atoms with Crippen LogP contribution in [0.1, 0.15) is 29.4 Å². The van der Waals surface area contributed by atoms with Gasteiger partial charge in [-0.25, -0.2) is 9.97 Å². The van der Waals surface area contributed by atoms with Crippen molar-refractivity contribution in [3.05, 3.63) is 53.3 Å². The van der Waals surface area contributed by atoms with E-state index in [4.69, 9.17) is 4.74 Å². The highest BCUT2D eigenvalue weighted by atomic mass is 32.2. The molecule has 1 aromatic carbocycles. The van der Waals surface area contributed by atoms with Gasteiger partial charge in [-0.3, -0.25) is 9.59 Å². The summed E-state index contributed by atoms with van der Waals surface area (Å²) >= 11 is 1.27. The summed E-state index contributed by atoms with van der Waals surface area (Å²) in [5.74, 6) is -0.391. The topological polar surface area (TPSA) is 81.2 Å². The van der Waals surface area contributed by atoms with Crippen LogP contribution in [-0.4, -0.2) is 34.7 Å². The van der Waals surface area contributed by atoms with E-state index in [-0.39, 0.29) is 24.1 Å². The molecule has 1 amide bonds.